The minimum absolute atomic E-state index is 0.216. The third-order valence-corrected chi connectivity index (χ3v) is 4.64. The number of ether oxygens (including phenoxy) is 1. The number of carbonyl (C=O) groups excluding carboxylic acids is 1. The van der Waals surface area contributed by atoms with Crippen LogP contribution in [0.15, 0.2) is 12.4 Å². The van der Waals surface area contributed by atoms with Gasteiger partial charge in [0.25, 0.3) is 0 Å². The van der Waals surface area contributed by atoms with E-state index in [0.717, 1.165) is 21.2 Å². The molecule has 2 aromatic heterocycles. The molecule has 2 N–H and O–H groups in total. The molecule has 1 amide bonds. The van der Waals surface area contributed by atoms with Crippen molar-refractivity contribution in [3.05, 3.63) is 21.7 Å². The Morgan fingerprint density at radius 3 is 2.91 bits per heavy atom. The summed E-state index contributed by atoms with van der Waals surface area (Å²) in [6.45, 7) is 6.94. The quantitative estimate of drug-likeness (QED) is 0.705. The minimum Gasteiger partial charge on any atom is -0.444 e. The van der Waals surface area contributed by atoms with Crippen LogP contribution >= 0.6 is 22.6 Å². The molecule has 0 radical (unpaired) electrons. The maximum absolute atomic E-state index is 12.2. The highest BCUT2D eigenvalue weighted by molar-refractivity contribution is 14.1. The summed E-state index contributed by atoms with van der Waals surface area (Å²) in [5.74, 6) is 0.686. The monoisotopic (exact) mass is 429 g/mol. The van der Waals surface area contributed by atoms with Gasteiger partial charge < -0.3 is 15.4 Å². The van der Waals surface area contributed by atoms with Crippen LogP contribution in [0, 0.1) is 3.57 Å². The Kier molecular flexibility index (Phi) is 4.11. The summed E-state index contributed by atoms with van der Waals surface area (Å²) in [4.78, 5) is 18.0. The van der Waals surface area contributed by atoms with Gasteiger partial charge in [-0.05, 0) is 55.8 Å². The molecule has 2 aromatic rings. The van der Waals surface area contributed by atoms with Crippen LogP contribution in [-0.4, -0.2) is 44.3 Å². The molecular weight excluding hydrogens is 409 g/mol. The number of fused-ring (bicyclic) bond motifs is 1. The van der Waals surface area contributed by atoms with Crippen LogP contribution in [-0.2, 0) is 4.74 Å². The summed E-state index contributed by atoms with van der Waals surface area (Å²) in [6, 6.07) is 2.07. The molecule has 0 saturated carbocycles. The Hall–Kier alpha value is -1.58. The first-order chi connectivity index (χ1) is 10.8. The third kappa shape index (κ3) is 3.22. The second-order valence-electron chi connectivity index (χ2n) is 6.73. The van der Waals surface area contributed by atoms with Crippen molar-refractivity contribution in [2.45, 2.75) is 38.7 Å². The number of halogens is 1. The van der Waals surface area contributed by atoms with Gasteiger partial charge in [0, 0.05) is 28.3 Å². The lowest BCUT2D eigenvalue weighted by Crippen LogP contribution is -2.35. The lowest BCUT2D eigenvalue weighted by molar-refractivity contribution is 0.0292. The lowest BCUT2D eigenvalue weighted by Gasteiger charge is -2.24. The smallest absolute Gasteiger partial charge is 0.410 e. The summed E-state index contributed by atoms with van der Waals surface area (Å²) in [5, 5.41) is 4.32. The highest BCUT2D eigenvalue weighted by Gasteiger charge is 2.32. The summed E-state index contributed by atoms with van der Waals surface area (Å²) >= 11 is 2.24. The number of hydrogen-bond donors (Lipinski definition) is 1. The van der Waals surface area contributed by atoms with E-state index in [1.807, 2.05) is 25.3 Å². The van der Waals surface area contributed by atoms with Crippen molar-refractivity contribution in [2.24, 2.45) is 0 Å². The molecule has 23 heavy (non-hydrogen) atoms. The molecule has 3 heterocycles. The molecular formula is C15H20IN5O2. The Morgan fingerprint density at radius 1 is 1.48 bits per heavy atom. The molecule has 124 valence electrons. The Labute approximate surface area is 148 Å². The largest absolute Gasteiger partial charge is 0.444 e. The van der Waals surface area contributed by atoms with Crippen LogP contribution in [0.5, 0.6) is 0 Å². The van der Waals surface area contributed by atoms with Crippen LogP contribution < -0.4 is 5.73 Å². The molecule has 0 aliphatic carbocycles. The van der Waals surface area contributed by atoms with E-state index in [1.165, 1.54) is 6.33 Å². The van der Waals surface area contributed by atoms with Gasteiger partial charge in [0.1, 0.15) is 17.4 Å². The molecule has 1 atom stereocenters. The van der Waals surface area contributed by atoms with Crippen LogP contribution in [0.25, 0.3) is 5.52 Å². The first kappa shape index (κ1) is 16.3. The number of amides is 1. The second-order valence-corrected chi connectivity index (χ2v) is 7.90. The topological polar surface area (TPSA) is 85.8 Å². The molecule has 1 aliphatic heterocycles. The molecule has 0 bridgehead atoms. The van der Waals surface area contributed by atoms with E-state index in [0.29, 0.717) is 18.9 Å². The van der Waals surface area contributed by atoms with Crippen LogP contribution in [0.4, 0.5) is 10.6 Å². The normalized spacial score (nSPS) is 18.6. The van der Waals surface area contributed by atoms with Crippen molar-refractivity contribution < 1.29 is 9.53 Å². The van der Waals surface area contributed by atoms with Gasteiger partial charge in [0.2, 0.25) is 0 Å². The van der Waals surface area contributed by atoms with Gasteiger partial charge in [0.15, 0.2) is 5.82 Å². The van der Waals surface area contributed by atoms with Crippen molar-refractivity contribution in [3.8, 4) is 0 Å². The number of carbonyl (C=O) groups is 1. The van der Waals surface area contributed by atoms with E-state index in [1.54, 1.807) is 4.90 Å². The third-order valence-electron chi connectivity index (χ3n) is 3.82. The van der Waals surface area contributed by atoms with E-state index < -0.39 is 5.60 Å². The fraction of sp³-hybridized carbons (Fsp3) is 0.533. The van der Waals surface area contributed by atoms with Gasteiger partial charge >= 0.3 is 6.09 Å². The number of hydrogen-bond acceptors (Lipinski definition) is 5. The van der Waals surface area contributed by atoms with Crippen LogP contribution in [0.2, 0.25) is 0 Å². The average Bonchev–Trinajstić information content (AvgIpc) is 3.02. The number of aromatic nitrogens is 3. The Bertz CT molecular complexity index is 752. The molecule has 1 saturated heterocycles. The number of anilines is 1. The summed E-state index contributed by atoms with van der Waals surface area (Å²) in [6.07, 6.45) is 2.08. The lowest BCUT2D eigenvalue weighted by atomic mass is 10.1. The zero-order valence-electron chi connectivity index (χ0n) is 13.4. The molecule has 0 unspecified atom stereocenters. The maximum Gasteiger partial charge on any atom is 0.410 e. The van der Waals surface area contributed by atoms with Crippen molar-refractivity contribution in [1.82, 2.24) is 19.5 Å². The SMILES string of the molecule is CC(C)(C)OC(=O)N1CC[C@@H](c2cc(I)c3c(N)ncnn23)C1. The van der Waals surface area contributed by atoms with Crippen LogP contribution in [0.3, 0.4) is 0 Å². The standard InChI is InChI=1S/C15H20IN5O2/c1-15(2,3)23-14(22)20-5-4-9(7-20)11-6-10(16)12-13(17)18-8-19-21(11)12/h6,8-9H,4-5,7H2,1-3H3,(H2,17,18,19)/t9-/m1/s1. The maximum atomic E-state index is 12.2. The number of nitrogens with two attached hydrogens (primary N) is 1. The summed E-state index contributed by atoms with van der Waals surface area (Å²) in [7, 11) is 0. The molecule has 0 spiro atoms. The van der Waals surface area contributed by atoms with Gasteiger partial charge in [-0.2, -0.15) is 5.10 Å². The minimum atomic E-state index is -0.478. The zero-order chi connectivity index (χ0) is 16.8. The molecule has 3 rings (SSSR count). The van der Waals surface area contributed by atoms with E-state index in [9.17, 15) is 4.79 Å². The molecule has 8 heteroatoms. The summed E-state index contributed by atoms with van der Waals surface area (Å²) in [5.41, 5.74) is 7.37. The van der Waals surface area contributed by atoms with Gasteiger partial charge in [-0.15, -0.1) is 0 Å². The van der Waals surface area contributed by atoms with Crippen molar-refractivity contribution in [1.29, 1.82) is 0 Å². The van der Waals surface area contributed by atoms with Gasteiger partial charge in [-0.1, -0.05) is 0 Å². The van der Waals surface area contributed by atoms with E-state index in [4.69, 9.17) is 10.5 Å². The van der Waals surface area contributed by atoms with Crippen molar-refractivity contribution in [2.75, 3.05) is 18.8 Å². The summed E-state index contributed by atoms with van der Waals surface area (Å²) < 4.78 is 8.31. The number of nitrogens with zero attached hydrogens (tertiary/aromatic N) is 4. The van der Waals surface area contributed by atoms with Crippen LogP contribution in [0.1, 0.15) is 38.8 Å². The fourth-order valence-corrected chi connectivity index (χ4v) is 3.65. The van der Waals surface area contributed by atoms with Gasteiger partial charge in [0.05, 0.1) is 0 Å². The predicted molar refractivity (Wildman–Crippen MR) is 95.3 cm³/mol. The molecule has 1 fully saturated rings. The Morgan fingerprint density at radius 2 is 2.22 bits per heavy atom. The molecule has 1 aliphatic rings. The number of rotatable bonds is 1. The van der Waals surface area contributed by atoms with Crippen molar-refractivity contribution in [3.63, 3.8) is 0 Å². The van der Waals surface area contributed by atoms with E-state index in [2.05, 4.69) is 38.7 Å². The second kappa shape index (κ2) is 5.81. The average molecular weight is 429 g/mol. The van der Waals surface area contributed by atoms with Crippen molar-refractivity contribution >= 4 is 40.0 Å². The van der Waals surface area contributed by atoms with E-state index >= 15 is 0 Å². The highest BCUT2D eigenvalue weighted by atomic mass is 127. The highest BCUT2D eigenvalue weighted by Crippen LogP contribution is 2.32. The first-order valence-corrected chi connectivity index (χ1v) is 8.59. The molecule has 0 aromatic carbocycles. The van der Waals surface area contributed by atoms with Gasteiger partial charge in [-0.3, -0.25) is 0 Å². The predicted octanol–water partition coefficient (Wildman–Crippen LogP) is 2.64. The van der Waals surface area contributed by atoms with E-state index in [-0.39, 0.29) is 12.0 Å². The first-order valence-electron chi connectivity index (χ1n) is 7.52. The number of likely N-dealkylation sites (tertiary alicyclic amines) is 1. The van der Waals surface area contributed by atoms with Gasteiger partial charge in [-0.25, -0.2) is 14.3 Å². The molecule has 7 nitrogen and oxygen atoms in total. The fourth-order valence-electron chi connectivity index (χ4n) is 2.83. The number of nitrogen functional groups attached to an aromatic ring is 1. The Balaban J connectivity index is 1.83. The zero-order valence-corrected chi connectivity index (χ0v) is 15.6.